The number of carbonyl (C=O) groups excluding carboxylic acids is 1. The zero-order chi connectivity index (χ0) is 24.4. The van der Waals surface area contributed by atoms with Gasteiger partial charge in [-0.1, -0.05) is 84.1 Å². The predicted molar refractivity (Wildman–Crippen MR) is 141 cm³/mol. The molecule has 1 aliphatic rings. The summed E-state index contributed by atoms with van der Waals surface area (Å²) >= 11 is 1.60. The molecule has 3 aromatic carbocycles. The zero-order valence-electron chi connectivity index (χ0n) is 19.9. The molecule has 0 spiro atoms. The fraction of sp³-hybridized carbons (Fsp3) is 0.179. The summed E-state index contributed by atoms with van der Waals surface area (Å²) in [5.74, 6) is 1.25. The van der Waals surface area contributed by atoms with E-state index in [9.17, 15) is 4.79 Å². The lowest BCUT2D eigenvalue weighted by atomic mass is 9.95. The Balaban J connectivity index is 1.47. The van der Waals surface area contributed by atoms with Gasteiger partial charge >= 0.3 is 0 Å². The monoisotopic (exact) mass is 481 g/mol. The Labute approximate surface area is 209 Å². The maximum Gasteiger partial charge on any atom is 0.255 e. The lowest BCUT2D eigenvalue weighted by Gasteiger charge is -2.28. The van der Waals surface area contributed by atoms with Gasteiger partial charge in [-0.05, 0) is 49.6 Å². The maximum atomic E-state index is 13.5. The molecule has 2 N–H and O–H groups in total. The molecular weight excluding hydrogens is 454 g/mol. The van der Waals surface area contributed by atoms with E-state index in [1.54, 1.807) is 11.8 Å². The van der Waals surface area contributed by atoms with E-state index in [-0.39, 0.29) is 5.91 Å². The fourth-order valence-corrected chi connectivity index (χ4v) is 5.14. The highest BCUT2D eigenvalue weighted by Gasteiger charge is 2.34. The number of aromatic nitrogens is 3. The number of para-hydroxylation sites is 1. The van der Waals surface area contributed by atoms with Gasteiger partial charge in [0.25, 0.3) is 5.91 Å². The number of aryl methyl sites for hydroxylation is 2. The number of hydrogen-bond donors (Lipinski definition) is 2. The van der Waals surface area contributed by atoms with Crippen LogP contribution in [0.3, 0.4) is 0 Å². The van der Waals surface area contributed by atoms with Crippen molar-refractivity contribution >= 4 is 29.3 Å². The van der Waals surface area contributed by atoms with Crippen LogP contribution < -0.4 is 10.6 Å². The van der Waals surface area contributed by atoms with Crippen molar-refractivity contribution in [3.63, 3.8) is 0 Å². The number of thioether (sulfide) groups is 1. The Morgan fingerprint density at radius 1 is 1.00 bits per heavy atom. The van der Waals surface area contributed by atoms with Crippen LogP contribution in [0, 0.1) is 13.8 Å². The molecule has 6 nitrogen and oxygen atoms in total. The summed E-state index contributed by atoms with van der Waals surface area (Å²) in [6, 6.07) is 25.6. The average Bonchev–Trinajstić information content (AvgIpc) is 3.27. The van der Waals surface area contributed by atoms with Gasteiger partial charge in [-0.15, -0.1) is 5.10 Å². The third-order valence-corrected chi connectivity index (χ3v) is 6.97. The summed E-state index contributed by atoms with van der Waals surface area (Å²) in [5.41, 5.74) is 6.87. The van der Waals surface area contributed by atoms with Gasteiger partial charge in [-0.3, -0.25) is 4.79 Å². The normalized spacial score (nSPS) is 14.9. The van der Waals surface area contributed by atoms with Crippen LogP contribution in [-0.4, -0.2) is 20.7 Å². The van der Waals surface area contributed by atoms with Crippen molar-refractivity contribution in [3.05, 3.63) is 112 Å². The van der Waals surface area contributed by atoms with Gasteiger partial charge in [0.1, 0.15) is 6.04 Å². The number of amides is 1. The van der Waals surface area contributed by atoms with Crippen LogP contribution in [0.25, 0.3) is 0 Å². The van der Waals surface area contributed by atoms with Gasteiger partial charge in [-0.25, -0.2) is 4.68 Å². The lowest BCUT2D eigenvalue weighted by molar-refractivity contribution is -0.113. The number of anilines is 2. The minimum Gasteiger partial charge on any atom is -0.328 e. The largest absolute Gasteiger partial charge is 0.328 e. The Morgan fingerprint density at radius 3 is 2.46 bits per heavy atom. The van der Waals surface area contributed by atoms with Crippen LogP contribution >= 0.6 is 11.8 Å². The molecule has 1 aromatic heterocycles. The second-order valence-corrected chi connectivity index (χ2v) is 9.62. The molecule has 0 aliphatic carbocycles. The molecule has 1 atom stereocenters. The molecule has 0 unspecified atom stereocenters. The van der Waals surface area contributed by atoms with Crippen LogP contribution in [0.4, 0.5) is 11.6 Å². The highest BCUT2D eigenvalue weighted by atomic mass is 32.2. The third kappa shape index (κ3) is 4.86. The number of benzene rings is 3. The summed E-state index contributed by atoms with van der Waals surface area (Å²) in [5, 5.41) is 11.9. The molecule has 0 saturated carbocycles. The Bertz CT molecular complexity index is 1400. The average molecular weight is 482 g/mol. The number of hydrogen-bond acceptors (Lipinski definition) is 5. The van der Waals surface area contributed by atoms with Crippen molar-refractivity contribution in [3.8, 4) is 0 Å². The lowest BCUT2D eigenvalue weighted by Crippen LogP contribution is -2.31. The van der Waals surface area contributed by atoms with E-state index in [2.05, 4.69) is 42.7 Å². The van der Waals surface area contributed by atoms with Crippen LogP contribution in [-0.2, 0) is 10.5 Å². The van der Waals surface area contributed by atoms with Gasteiger partial charge in [-0.2, -0.15) is 4.98 Å². The summed E-state index contributed by atoms with van der Waals surface area (Å²) in [7, 11) is 0. The molecular formula is C28H27N5OS. The molecule has 0 bridgehead atoms. The van der Waals surface area contributed by atoms with Gasteiger partial charge in [0.2, 0.25) is 11.1 Å². The number of nitrogens with one attached hydrogen (secondary N) is 2. The van der Waals surface area contributed by atoms with E-state index in [0.29, 0.717) is 16.7 Å². The smallest absolute Gasteiger partial charge is 0.255 e. The summed E-state index contributed by atoms with van der Waals surface area (Å²) in [6.07, 6.45) is 0. The topological polar surface area (TPSA) is 71.8 Å². The summed E-state index contributed by atoms with van der Waals surface area (Å²) in [4.78, 5) is 18.2. The van der Waals surface area contributed by atoms with E-state index in [0.717, 1.165) is 22.7 Å². The Hall–Kier alpha value is -3.84. The molecule has 176 valence electrons. The quantitative estimate of drug-likeness (QED) is 0.325. The van der Waals surface area contributed by atoms with E-state index < -0.39 is 6.04 Å². The van der Waals surface area contributed by atoms with E-state index in [4.69, 9.17) is 10.1 Å². The minimum atomic E-state index is -0.390. The van der Waals surface area contributed by atoms with Crippen molar-refractivity contribution in [2.24, 2.45) is 0 Å². The van der Waals surface area contributed by atoms with Crippen LogP contribution in [0.5, 0.6) is 0 Å². The first-order chi connectivity index (χ1) is 17.0. The van der Waals surface area contributed by atoms with Crippen LogP contribution in [0.1, 0.15) is 35.2 Å². The second kappa shape index (κ2) is 9.80. The molecule has 35 heavy (non-hydrogen) atoms. The van der Waals surface area contributed by atoms with Gasteiger partial charge in [0.15, 0.2) is 0 Å². The first kappa shape index (κ1) is 22.9. The SMILES string of the molecule is CC1=C(C(=O)Nc2ccccc2)[C@H](c2ccccc2)n2nc(SCc3cc(C)ccc3C)nc2N1. The fourth-order valence-electron chi connectivity index (χ4n) is 4.25. The molecule has 0 saturated heterocycles. The van der Waals surface area contributed by atoms with Gasteiger partial charge in [0, 0.05) is 17.1 Å². The standard InChI is InChI=1S/C28H27N5OS/c1-18-14-15-19(2)22(16-18)17-35-28-31-27-29-20(3)24(26(34)30-23-12-8-5-9-13-23)25(33(27)32-28)21-10-6-4-7-11-21/h4-16,25H,17H2,1-3H3,(H,30,34)(H,29,31,32)/t25-/m0/s1. The van der Waals surface area contributed by atoms with Crippen molar-refractivity contribution in [2.45, 2.75) is 37.7 Å². The number of fused-ring (bicyclic) bond motifs is 1. The van der Waals surface area contributed by atoms with Crippen molar-refractivity contribution in [1.82, 2.24) is 14.8 Å². The molecule has 0 fully saturated rings. The Kier molecular flexibility index (Phi) is 6.42. The van der Waals surface area contributed by atoms with E-state index >= 15 is 0 Å². The molecule has 0 radical (unpaired) electrons. The molecule has 1 aliphatic heterocycles. The molecule has 1 amide bonds. The predicted octanol–water partition coefficient (Wildman–Crippen LogP) is 6.11. The summed E-state index contributed by atoms with van der Waals surface area (Å²) < 4.78 is 1.83. The van der Waals surface area contributed by atoms with Crippen LogP contribution in [0.15, 0.2) is 95.3 Å². The van der Waals surface area contributed by atoms with Gasteiger partial charge in [0.05, 0.1) is 5.57 Å². The van der Waals surface area contributed by atoms with Crippen molar-refractivity contribution in [2.75, 3.05) is 10.6 Å². The number of carbonyl (C=O) groups is 1. The zero-order valence-corrected chi connectivity index (χ0v) is 20.8. The maximum absolute atomic E-state index is 13.5. The first-order valence-corrected chi connectivity index (χ1v) is 12.5. The van der Waals surface area contributed by atoms with E-state index in [1.165, 1.54) is 16.7 Å². The molecule has 5 rings (SSSR count). The number of rotatable bonds is 6. The molecule has 7 heteroatoms. The molecule has 4 aromatic rings. The summed E-state index contributed by atoms with van der Waals surface area (Å²) in [6.45, 7) is 6.14. The highest BCUT2D eigenvalue weighted by molar-refractivity contribution is 7.98. The van der Waals surface area contributed by atoms with Crippen molar-refractivity contribution < 1.29 is 4.79 Å². The van der Waals surface area contributed by atoms with E-state index in [1.807, 2.05) is 72.3 Å². The van der Waals surface area contributed by atoms with Gasteiger partial charge < -0.3 is 10.6 Å². The third-order valence-electron chi connectivity index (χ3n) is 6.09. The Morgan fingerprint density at radius 2 is 1.71 bits per heavy atom. The molecule has 2 heterocycles. The van der Waals surface area contributed by atoms with Crippen LogP contribution in [0.2, 0.25) is 0 Å². The van der Waals surface area contributed by atoms with Crippen molar-refractivity contribution in [1.29, 1.82) is 0 Å². The number of allylic oxidation sites excluding steroid dienone is 1. The first-order valence-electron chi connectivity index (χ1n) is 11.5. The highest BCUT2D eigenvalue weighted by Crippen LogP contribution is 2.37. The number of nitrogens with zero attached hydrogens (tertiary/aromatic N) is 3. The second-order valence-electron chi connectivity index (χ2n) is 8.68. The minimum absolute atomic E-state index is 0.166.